The van der Waals surface area contributed by atoms with Gasteiger partial charge in [0.15, 0.2) is 17.1 Å². The molecule has 1 aromatic carbocycles. The van der Waals surface area contributed by atoms with Crippen molar-refractivity contribution in [2.75, 3.05) is 7.11 Å². The van der Waals surface area contributed by atoms with E-state index in [-0.39, 0.29) is 23.2 Å². The van der Waals surface area contributed by atoms with E-state index in [2.05, 4.69) is 5.10 Å². The van der Waals surface area contributed by atoms with Crippen LogP contribution < -0.4 is 9.47 Å². The summed E-state index contributed by atoms with van der Waals surface area (Å²) in [6, 6.07) is 5.68. The van der Waals surface area contributed by atoms with Gasteiger partial charge in [-0.25, -0.2) is 14.5 Å². The summed E-state index contributed by atoms with van der Waals surface area (Å²) in [5, 5.41) is 16.0. The molecule has 29 heavy (non-hydrogen) atoms. The number of rotatable bonds is 6. The van der Waals surface area contributed by atoms with Gasteiger partial charge in [0.2, 0.25) is 0 Å². The highest BCUT2D eigenvalue weighted by Gasteiger charge is 2.29. The van der Waals surface area contributed by atoms with Crippen molar-refractivity contribution in [3.8, 4) is 11.5 Å². The largest absolute Gasteiger partial charge is 0.493 e. The van der Waals surface area contributed by atoms with Gasteiger partial charge in [0.1, 0.15) is 0 Å². The van der Waals surface area contributed by atoms with Crippen LogP contribution >= 0.6 is 0 Å². The molecule has 1 aliphatic carbocycles. The molecular weight excluding hydrogens is 376 g/mol. The van der Waals surface area contributed by atoms with E-state index in [4.69, 9.17) is 14.5 Å². The van der Waals surface area contributed by atoms with Gasteiger partial charge in [-0.2, -0.15) is 5.10 Å². The lowest BCUT2D eigenvalue weighted by Gasteiger charge is -2.11. The fourth-order valence-electron chi connectivity index (χ4n) is 3.19. The van der Waals surface area contributed by atoms with Crippen LogP contribution in [0.15, 0.2) is 30.5 Å². The molecule has 0 amide bonds. The van der Waals surface area contributed by atoms with Gasteiger partial charge < -0.3 is 9.47 Å². The zero-order chi connectivity index (χ0) is 20.7. The van der Waals surface area contributed by atoms with Crippen molar-refractivity contribution in [3.05, 3.63) is 51.8 Å². The lowest BCUT2D eigenvalue weighted by molar-refractivity contribution is -0.384. The lowest BCUT2D eigenvalue weighted by atomic mass is 10.1. The molecule has 0 saturated heterocycles. The standard InChI is InChI=1S/C20H20N4O5/c1-11(2)23-19-15(10-21-23)14(9-16(22-19)12-4-5-12)20(25)29-18-8-13(24(26)27)6-7-17(18)28-3/h6-12H,4-5H2,1-3H3. The number of nitro groups is 1. The topological polar surface area (TPSA) is 109 Å². The number of aromatic nitrogens is 3. The number of methoxy groups -OCH3 is 1. The number of hydrogen-bond donors (Lipinski definition) is 0. The van der Waals surface area contributed by atoms with Crippen LogP contribution in [0.5, 0.6) is 11.5 Å². The van der Waals surface area contributed by atoms with Crippen LogP contribution in [0.4, 0.5) is 5.69 Å². The number of carbonyl (C=O) groups is 1. The second-order valence-corrected chi connectivity index (χ2v) is 7.27. The number of ether oxygens (including phenoxy) is 2. The number of esters is 1. The molecule has 3 aromatic rings. The minimum absolute atomic E-state index is 0.0131. The number of hydrogen-bond acceptors (Lipinski definition) is 7. The zero-order valence-electron chi connectivity index (χ0n) is 16.3. The summed E-state index contributed by atoms with van der Waals surface area (Å²) in [5.41, 5.74) is 1.59. The summed E-state index contributed by atoms with van der Waals surface area (Å²) < 4.78 is 12.5. The van der Waals surface area contributed by atoms with Crippen LogP contribution in [0.2, 0.25) is 0 Å². The van der Waals surface area contributed by atoms with E-state index in [9.17, 15) is 14.9 Å². The molecular formula is C20H20N4O5. The first-order valence-electron chi connectivity index (χ1n) is 9.31. The van der Waals surface area contributed by atoms with Crippen molar-refractivity contribution in [2.24, 2.45) is 0 Å². The maximum absolute atomic E-state index is 13.0. The van der Waals surface area contributed by atoms with Crippen molar-refractivity contribution in [2.45, 2.75) is 38.6 Å². The van der Waals surface area contributed by atoms with Gasteiger partial charge in [-0.15, -0.1) is 0 Å². The highest BCUT2D eigenvalue weighted by Crippen LogP contribution is 2.40. The first kappa shape index (κ1) is 18.9. The van der Waals surface area contributed by atoms with E-state index in [1.165, 1.54) is 25.3 Å². The van der Waals surface area contributed by atoms with E-state index in [1.54, 1.807) is 16.9 Å². The highest BCUT2D eigenvalue weighted by molar-refractivity contribution is 6.03. The van der Waals surface area contributed by atoms with Gasteiger partial charge in [-0.1, -0.05) is 0 Å². The summed E-state index contributed by atoms with van der Waals surface area (Å²) in [6.07, 6.45) is 3.66. The van der Waals surface area contributed by atoms with E-state index in [0.29, 0.717) is 22.5 Å². The third-order valence-electron chi connectivity index (χ3n) is 4.85. The Bertz CT molecular complexity index is 1120. The number of nitro benzene ring substituents is 1. The average molecular weight is 396 g/mol. The Balaban J connectivity index is 1.78. The van der Waals surface area contributed by atoms with E-state index in [0.717, 1.165) is 18.5 Å². The number of non-ortho nitro benzene ring substituents is 1. The zero-order valence-corrected chi connectivity index (χ0v) is 16.3. The molecule has 0 bridgehead atoms. The Morgan fingerprint density at radius 1 is 1.28 bits per heavy atom. The second-order valence-electron chi connectivity index (χ2n) is 7.27. The van der Waals surface area contributed by atoms with Crippen LogP contribution in [0.1, 0.15) is 54.7 Å². The van der Waals surface area contributed by atoms with Crippen LogP contribution in [-0.2, 0) is 0 Å². The Kier molecular flexibility index (Phi) is 4.65. The van der Waals surface area contributed by atoms with Gasteiger partial charge in [-0.05, 0) is 38.8 Å². The van der Waals surface area contributed by atoms with Crippen molar-refractivity contribution in [1.82, 2.24) is 14.8 Å². The third-order valence-corrected chi connectivity index (χ3v) is 4.85. The van der Waals surface area contributed by atoms with Crippen LogP contribution in [0.25, 0.3) is 11.0 Å². The van der Waals surface area contributed by atoms with Crippen molar-refractivity contribution >= 4 is 22.7 Å². The van der Waals surface area contributed by atoms with Gasteiger partial charge >= 0.3 is 5.97 Å². The molecule has 1 fully saturated rings. The molecule has 2 aromatic heterocycles. The molecule has 150 valence electrons. The molecule has 0 radical (unpaired) electrons. The van der Waals surface area contributed by atoms with Gasteiger partial charge in [0.25, 0.3) is 5.69 Å². The summed E-state index contributed by atoms with van der Waals surface area (Å²) in [5.74, 6) is -0.0920. The molecule has 0 atom stereocenters. The SMILES string of the molecule is COc1ccc([N+](=O)[O-])cc1OC(=O)c1cc(C2CC2)nc2c1cnn2C(C)C. The molecule has 2 heterocycles. The molecule has 0 aliphatic heterocycles. The fraction of sp³-hybridized carbons (Fsp3) is 0.350. The maximum atomic E-state index is 13.0. The first-order valence-corrected chi connectivity index (χ1v) is 9.31. The normalized spacial score (nSPS) is 13.7. The number of pyridine rings is 1. The first-order chi connectivity index (χ1) is 13.9. The van der Waals surface area contributed by atoms with E-state index in [1.807, 2.05) is 13.8 Å². The number of benzene rings is 1. The van der Waals surface area contributed by atoms with Crippen molar-refractivity contribution < 1.29 is 19.2 Å². The Labute approximate surface area is 166 Å². The molecule has 0 spiro atoms. The summed E-state index contributed by atoms with van der Waals surface area (Å²) in [7, 11) is 1.40. The molecule has 9 nitrogen and oxygen atoms in total. The quantitative estimate of drug-likeness (QED) is 0.268. The molecule has 1 saturated carbocycles. The van der Waals surface area contributed by atoms with Crippen molar-refractivity contribution in [1.29, 1.82) is 0 Å². The highest BCUT2D eigenvalue weighted by atomic mass is 16.6. The molecule has 0 unspecified atom stereocenters. The second kappa shape index (κ2) is 7.16. The average Bonchev–Trinajstić information content (AvgIpc) is 3.45. The van der Waals surface area contributed by atoms with E-state index < -0.39 is 10.9 Å². The Morgan fingerprint density at radius 3 is 2.66 bits per heavy atom. The van der Waals surface area contributed by atoms with Crippen LogP contribution in [-0.4, -0.2) is 32.8 Å². The Morgan fingerprint density at radius 2 is 2.03 bits per heavy atom. The van der Waals surface area contributed by atoms with E-state index >= 15 is 0 Å². The molecule has 1 aliphatic rings. The molecule has 4 rings (SSSR count). The summed E-state index contributed by atoms with van der Waals surface area (Å²) in [6.45, 7) is 3.98. The predicted octanol–water partition coefficient (Wildman–Crippen LogP) is 4.03. The minimum atomic E-state index is -0.638. The number of carbonyl (C=O) groups excluding carboxylic acids is 1. The summed E-state index contributed by atoms with van der Waals surface area (Å²) >= 11 is 0. The Hall–Kier alpha value is -3.49. The fourth-order valence-corrected chi connectivity index (χ4v) is 3.19. The van der Waals surface area contributed by atoms with Gasteiger partial charge in [-0.3, -0.25) is 10.1 Å². The maximum Gasteiger partial charge on any atom is 0.344 e. The summed E-state index contributed by atoms with van der Waals surface area (Å²) in [4.78, 5) is 28.3. The smallest absolute Gasteiger partial charge is 0.344 e. The van der Waals surface area contributed by atoms with Crippen molar-refractivity contribution in [3.63, 3.8) is 0 Å². The van der Waals surface area contributed by atoms with Gasteiger partial charge in [0.05, 0.1) is 35.2 Å². The van der Waals surface area contributed by atoms with Gasteiger partial charge in [0, 0.05) is 23.7 Å². The molecule has 9 heteroatoms. The number of nitrogens with zero attached hydrogens (tertiary/aromatic N) is 4. The predicted molar refractivity (Wildman–Crippen MR) is 104 cm³/mol. The van der Waals surface area contributed by atoms with Crippen LogP contribution in [0.3, 0.4) is 0 Å². The monoisotopic (exact) mass is 396 g/mol. The van der Waals surface area contributed by atoms with Crippen LogP contribution in [0, 0.1) is 10.1 Å². The molecule has 0 N–H and O–H groups in total. The number of fused-ring (bicyclic) bond motifs is 1. The lowest BCUT2D eigenvalue weighted by Crippen LogP contribution is -2.12. The third kappa shape index (κ3) is 3.51. The minimum Gasteiger partial charge on any atom is -0.493 e.